The Morgan fingerprint density at radius 3 is 2.10 bits per heavy atom. The minimum atomic E-state index is 0.000000000000000222. The summed E-state index contributed by atoms with van der Waals surface area (Å²) >= 11 is 4.09. The van der Waals surface area contributed by atoms with Crippen LogP contribution < -0.4 is 11.5 Å². The van der Waals surface area contributed by atoms with Crippen LogP contribution in [0.15, 0.2) is 12.7 Å². The van der Waals surface area contributed by atoms with Gasteiger partial charge >= 0.3 is 0 Å². The monoisotopic (exact) mass is 160 g/mol. The summed E-state index contributed by atoms with van der Waals surface area (Å²) in [6, 6.07) is 0. The number of allylic oxidation sites excluding steroid dienone is 1. The zero-order chi connectivity index (χ0) is 8.41. The molecule has 2 nitrogen and oxygen atoms in total. The average Bonchev–Trinajstić information content (AvgIpc) is 1.82. The van der Waals surface area contributed by atoms with Crippen LogP contribution in [0.4, 0.5) is 0 Å². The molecule has 3 heteroatoms. The molecule has 0 aromatic carbocycles. The first-order chi connectivity index (χ1) is 4.65. The van der Waals surface area contributed by atoms with E-state index in [0.717, 1.165) is 0 Å². The number of hydrogen-bond acceptors (Lipinski definition) is 1. The van der Waals surface area contributed by atoms with E-state index in [9.17, 15) is 0 Å². The van der Waals surface area contributed by atoms with E-state index in [-0.39, 0.29) is 5.11 Å². The second kappa shape index (κ2) is 11.3. The second-order valence-electron chi connectivity index (χ2n) is 1.83. The molecule has 0 heterocycles. The zero-order valence-corrected chi connectivity index (χ0v) is 7.29. The van der Waals surface area contributed by atoms with Crippen LogP contribution in [0, 0.1) is 0 Å². The number of rotatable bonds is 3. The minimum Gasteiger partial charge on any atom is -0.377 e. The second-order valence-corrected chi connectivity index (χ2v) is 2.30. The molecule has 60 valence electrons. The van der Waals surface area contributed by atoms with Crippen molar-refractivity contribution in [1.82, 2.24) is 0 Å². The molecule has 0 aliphatic rings. The molecule has 0 bridgehead atoms. The van der Waals surface area contributed by atoms with Gasteiger partial charge in [-0.3, -0.25) is 0 Å². The maximum atomic E-state index is 4.62. The van der Waals surface area contributed by atoms with Crippen molar-refractivity contribution in [2.45, 2.75) is 26.2 Å². The summed E-state index contributed by atoms with van der Waals surface area (Å²) < 4.78 is 0. The fourth-order valence-electron chi connectivity index (χ4n) is 0.348. The Kier molecular flexibility index (Phi) is 13.7. The summed E-state index contributed by atoms with van der Waals surface area (Å²) in [5.74, 6) is 0. The Bertz CT molecular complexity index is 87.6. The van der Waals surface area contributed by atoms with Crippen LogP contribution in [0.3, 0.4) is 0 Å². The first-order valence-corrected chi connectivity index (χ1v) is 3.71. The first-order valence-electron chi connectivity index (χ1n) is 3.31. The van der Waals surface area contributed by atoms with E-state index in [1.807, 2.05) is 6.08 Å². The topological polar surface area (TPSA) is 52.0 Å². The lowest BCUT2D eigenvalue weighted by molar-refractivity contribution is 0.816. The molecule has 0 unspecified atom stereocenters. The Balaban J connectivity index is 0. The van der Waals surface area contributed by atoms with E-state index >= 15 is 0 Å². The van der Waals surface area contributed by atoms with Crippen LogP contribution >= 0.6 is 12.2 Å². The normalized spacial score (nSPS) is 7.30. The van der Waals surface area contributed by atoms with Crippen molar-refractivity contribution in [2.24, 2.45) is 11.5 Å². The van der Waals surface area contributed by atoms with Crippen LogP contribution in [0.5, 0.6) is 0 Å². The Morgan fingerprint density at radius 1 is 1.60 bits per heavy atom. The Labute approximate surface area is 68.3 Å². The molecule has 0 aromatic rings. The molecule has 0 aliphatic heterocycles. The predicted octanol–water partition coefficient (Wildman–Crippen LogP) is 1.55. The Hall–Kier alpha value is -0.570. The van der Waals surface area contributed by atoms with Crippen LogP contribution in [0.25, 0.3) is 0 Å². The van der Waals surface area contributed by atoms with Crippen molar-refractivity contribution >= 4 is 17.3 Å². The molecule has 0 aromatic heterocycles. The highest BCUT2D eigenvalue weighted by molar-refractivity contribution is 7.80. The van der Waals surface area contributed by atoms with E-state index in [0.29, 0.717) is 0 Å². The molecular formula is C7H16N2S. The molecule has 0 saturated carbocycles. The van der Waals surface area contributed by atoms with Gasteiger partial charge in [0.25, 0.3) is 0 Å². The molecule has 0 amide bonds. The molecule has 0 atom stereocenters. The highest BCUT2D eigenvalue weighted by Crippen LogP contribution is 1.91. The van der Waals surface area contributed by atoms with E-state index in [4.69, 9.17) is 0 Å². The van der Waals surface area contributed by atoms with Gasteiger partial charge < -0.3 is 11.5 Å². The molecule has 4 N–H and O–H groups in total. The van der Waals surface area contributed by atoms with Gasteiger partial charge in [-0.25, -0.2) is 0 Å². The number of unbranched alkanes of at least 4 members (excludes halogenated alkanes) is 2. The summed E-state index contributed by atoms with van der Waals surface area (Å²) in [5, 5.41) is 0.000000000000000222. The SMILES string of the molecule is C=CCCCC.NC(N)=S. The van der Waals surface area contributed by atoms with Gasteiger partial charge in [-0.15, -0.1) is 6.58 Å². The van der Waals surface area contributed by atoms with Crippen LogP contribution in [-0.4, -0.2) is 5.11 Å². The lowest BCUT2D eigenvalue weighted by atomic mass is 10.3. The standard InChI is InChI=1S/C6H12.CH4N2S/c1-3-5-6-4-2;2-1(3)4/h3H,1,4-6H2,2H3;(H4,2,3,4). The molecule has 10 heavy (non-hydrogen) atoms. The van der Waals surface area contributed by atoms with Gasteiger partial charge in [0.15, 0.2) is 5.11 Å². The first kappa shape index (κ1) is 12.1. The maximum Gasteiger partial charge on any atom is 0.160 e. The molecule has 0 aliphatic carbocycles. The lowest BCUT2D eigenvalue weighted by Crippen LogP contribution is -2.18. The fourth-order valence-corrected chi connectivity index (χ4v) is 0.348. The largest absolute Gasteiger partial charge is 0.377 e. The average molecular weight is 160 g/mol. The van der Waals surface area contributed by atoms with Gasteiger partial charge in [-0.1, -0.05) is 25.8 Å². The van der Waals surface area contributed by atoms with Crippen LogP contribution in [-0.2, 0) is 0 Å². The van der Waals surface area contributed by atoms with Gasteiger partial charge in [0.2, 0.25) is 0 Å². The minimum absolute atomic E-state index is 0.000000000000000222. The molecule has 0 radical (unpaired) electrons. The Morgan fingerprint density at radius 2 is 2.00 bits per heavy atom. The van der Waals surface area contributed by atoms with Gasteiger partial charge in [-0.2, -0.15) is 0 Å². The summed E-state index contributed by atoms with van der Waals surface area (Å²) in [6.07, 6.45) is 5.72. The van der Waals surface area contributed by atoms with Crippen molar-refractivity contribution in [3.05, 3.63) is 12.7 Å². The summed E-state index contributed by atoms with van der Waals surface area (Å²) in [7, 11) is 0. The number of nitrogens with two attached hydrogens (primary N) is 2. The van der Waals surface area contributed by atoms with Crippen LogP contribution in [0.2, 0.25) is 0 Å². The van der Waals surface area contributed by atoms with Gasteiger partial charge in [-0.05, 0) is 18.6 Å². The molecule has 0 fully saturated rings. The highest BCUT2D eigenvalue weighted by atomic mass is 32.1. The van der Waals surface area contributed by atoms with Gasteiger partial charge in [0.1, 0.15) is 0 Å². The van der Waals surface area contributed by atoms with Gasteiger partial charge in [0, 0.05) is 0 Å². The maximum absolute atomic E-state index is 4.62. The van der Waals surface area contributed by atoms with Crippen molar-refractivity contribution in [2.75, 3.05) is 0 Å². The lowest BCUT2D eigenvalue weighted by Gasteiger charge is -1.81. The van der Waals surface area contributed by atoms with E-state index in [2.05, 4.69) is 37.2 Å². The number of hydrogen-bond donors (Lipinski definition) is 2. The third kappa shape index (κ3) is 52.0. The molecule has 0 saturated heterocycles. The van der Waals surface area contributed by atoms with Crippen molar-refractivity contribution in [3.8, 4) is 0 Å². The molecule has 0 rings (SSSR count). The molecular weight excluding hydrogens is 144 g/mol. The quantitative estimate of drug-likeness (QED) is 0.374. The fraction of sp³-hybridized carbons (Fsp3) is 0.571. The van der Waals surface area contributed by atoms with Crippen molar-refractivity contribution < 1.29 is 0 Å². The zero-order valence-electron chi connectivity index (χ0n) is 6.47. The number of thiocarbonyl (C=S) groups is 1. The van der Waals surface area contributed by atoms with E-state index in [1.54, 1.807) is 0 Å². The molecule has 0 spiro atoms. The predicted molar refractivity (Wildman–Crippen MR) is 50.7 cm³/mol. The van der Waals surface area contributed by atoms with Crippen molar-refractivity contribution in [1.29, 1.82) is 0 Å². The summed E-state index contributed by atoms with van der Waals surface area (Å²) in [5.41, 5.74) is 9.24. The smallest absolute Gasteiger partial charge is 0.160 e. The summed E-state index contributed by atoms with van der Waals surface area (Å²) in [6.45, 7) is 5.78. The van der Waals surface area contributed by atoms with Gasteiger partial charge in [0.05, 0.1) is 0 Å². The van der Waals surface area contributed by atoms with E-state index < -0.39 is 0 Å². The highest BCUT2D eigenvalue weighted by Gasteiger charge is 1.71. The van der Waals surface area contributed by atoms with E-state index in [1.165, 1.54) is 19.3 Å². The third-order valence-electron chi connectivity index (χ3n) is 0.762. The third-order valence-corrected chi connectivity index (χ3v) is 0.762. The van der Waals surface area contributed by atoms with Crippen LogP contribution in [0.1, 0.15) is 26.2 Å². The van der Waals surface area contributed by atoms with Crippen molar-refractivity contribution in [3.63, 3.8) is 0 Å². The summed E-state index contributed by atoms with van der Waals surface area (Å²) in [4.78, 5) is 0.